The van der Waals surface area contributed by atoms with Crippen molar-refractivity contribution in [3.8, 4) is 5.75 Å². The molecule has 0 bridgehead atoms. The number of aryl methyl sites for hydroxylation is 1. The van der Waals surface area contributed by atoms with Crippen LogP contribution in [0.25, 0.3) is 11.0 Å². The van der Waals surface area contributed by atoms with Gasteiger partial charge in [0.05, 0.1) is 29.4 Å². The van der Waals surface area contributed by atoms with Crippen molar-refractivity contribution in [3.63, 3.8) is 0 Å². The number of benzene rings is 2. The normalized spacial score (nSPS) is 10.6. The largest absolute Gasteiger partial charge is 0.497 e. The summed E-state index contributed by atoms with van der Waals surface area (Å²) in [5, 5.41) is 6.22. The first kappa shape index (κ1) is 19.1. The van der Waals surface area contributed by atoms with Crippen molar-refractivity contribution in [3.05, 3.63) is 58.2 Å². The second kappa shape index (κ2) is 8.81. The molecule has 1 amide bonds. The predicted molar refractivity (Wildman–Crippen MR) is 110 cm³/mol. The first-order valence-corrected chi connectivity index (χ1v) is 9.47. The zero-order valence-electron chi connectivity index (χ0n) is 15.3. The molecular formula is C20H21BrN4O2. The van der Waals surface area contributed by atoms with Crippen LogP contribution in [0.3, 0.4) is 0 Å². The Labute approximate surface area is 166 Å². The summed E-state index contributed by atoms with van der Waals surface area (Å²) >= 11 is 3.40. The number of fused-ring (bicyclic) bond motifs is 1. The van der Waals surface area contributed by atoms with Gasteiger partial charge in [-0.3, -0.25) is 4.79 Å². The fraction of sp³-hybridized carbons (Fsp3) is 0.250. The number of rotatable bonds is 7. The number of nitrogens with one attached hydrogen (secondary N) is 2. The summed E-state index contributed by atoms with van der Waals surface area (Å²) < 4.78 is 5.91. The van der Waals surface area contributed by atoms with Crippen LogP contribution in [0, 0.1) is 6.92 Å². The Kier molecular flexibility index (Phi) is 6.24. The summed E-state index contributed by atoms with van der Waals surface area (Å²) in [6, 6.07) is 13.1. The maximum atomic E-state index is 12.3. The molecule has 0 radical (unpaired) electrons. The van der Waals surface area contributed by atoms with Crippen LogP contribution in [0.4, 0.5) is 5.82 Å². The number of amides is 1. The van der Waals surface area contributed by atoms with E-state index in [1.165, 1.54) is 0 Å². The fourth-order valence-electron chi connectivity index (χ4n) is 2.65. The van der Waals surface area contributed by atoms with Crippen LogP contribution in [-0.2, 0) is 0 Å². The summed E-state index contributed by atoms with van der Waals surface area (Å²) in [6.45, 7) is 3.17. The molecule has 0 fully saturated rings. The average Bonchev–Trinajstić information content (AvgIpc) is 2.68. The smallest absolute Gasteiger partial charge is 0.252 e. The maximum absolute atomic E-state index is 12.3. The fourth-order valence-corrected chi connectivity index (χ4v) is 3.08. The van der Waals surface area contributed by atoms with Crippen molar-refractivity contribution in [2.45, 2.75) is 13.3 Å². The summed E-state index contributed by atoms with van der Waals surface area (Å²) in [5.74, 6) is 1.29. The topological polar surface area (TPSA) is 76.1 Å². The SMILES string of the molecule is COc1ccc(Br)c(C(=O)NCCCNc2nc3ccccc3nc2C)c1. The van der Waals surface area contributed by atoms with Gasteiger partial charge in [-0.15, -0.1) is 0 Å². The van der Waals surface area contributed by atoms with Gasteiger partial charge in [0.25, 0.3) is 5.91 Å². The van der Waals surface area contributed by atoms with E-state index in [1.807, 2.05) is 31.2 Å². The monoisotopic (exact) mass is 428 g/mol. The molecule has 0 spiro atoms. The van der Waals surface area contributed by atoms with Gasteiger partial charge in [-0.25, -0.2) is 9.97 Å². The van der Waals surface area contributed by atoms with Gasteiger partial charge < -0.3 is 15.4 Å². The van der Waals surface area contributed by atoms with E-state index in [1.54, 1.807) is 25.3 Å². The number of ether oxygens (including phenoxy) is 1. The van der Waals surface area contributed by atoms with Gasteiger partial charge in [-0.05, 0) is 59.6 Å². The lowest BCUT2D eigenvalue weighted by atomic mass is 10.2. The molecule has 0 saturated carbocycles. The Morgan fingerprint density at radius 2 is 1.85 bits per heavy atom. The van der Waals surface area contributed by atoms with E-state index in [4.69, 9.17) is 4.74 Å². The third-order valence-electron chi connectivity index (χ3n) is 4.09. The molecule has 7 heteroatoms. The summed E-state index contributed by atoms with van der Waals surface area (Å²) in [4.78, 5) is 21.5. The van der Waals surface area contributed by atoms with Gasteiger partial charge >= 0.3 is 0 Å². The van der Waals surface area contributed by atoms with E-state index in [0.717, 1.165) is 33.4 Å². The van der Waals surface area contributed by atoms with E-state index in [-0.39, 0.29) is 5.91 Å². The molecule has 27 heavy (non-hydrogen) atoms. The van der Waals surface area contributed by atoms with Gasteiger partial charge in [-0.1, -0.05) is 12.1 Å². The zero-order valence-corrected chi connectivity index (χ0v) is 16.8. The van der Waals surface area contributed by atoms with Crippen LogP contribution in [0.15, 0.2) is 46.9 Å². The quantitative estimate of drug-likeness (QED) is 0.557. The molecule has 0 unspecified atom stereocenters. The molecule has 6 nitrogen and oxygen atoms in total. The number of anilines is 1. The van der Waals surface area contributed by atoms with E-state index >= 15 is 0 Å². The molecule has 1 heterocycles. The summed E-state index contributed by atoms with van der Waals surface area (Å²) in [5.41, 5.74) is 3.16. The summed E-state index contributed by atoms with van der Waals surface area (Å²) in [7, 11) is 1.58. The number of methoxy groups -OCH3 is 1. The Balaban J connectivity index is 1.51. The molecule has 0 aliphatic carbocycles. The van der Waals surface area contributed by atoms with E-state index < -0.39 is 0 Å². The Hall–Kier alpha value is -2.67. The Morgan fingerprint density at radius 1 is 1.11 bits per heavy atom. The standard InChI is InChI=1S/C20H21BrN4O2/c1-13-19(25-18-7-4-3-6-17(18)24-13)22-10-5-11-23-20(26)15-12-14(27-2)8-9-16(15)21/h3-4,6-9,12H,5,10-11H2,1-2H3,(H,22,25)(H,23,26). The van der Waals surface area contributed by atoms with Crippen molar-refractivity contribution in [2.75, 3.05) is 25.5 Å². The van der Waals surface area contributed by atoms with Crippen LogP contribution in [0.2, 0.25) is 0 Å². The van der Waals surface area contributed by atoms with E-state index in [9.17, 15) is 4.79 Å². The first-order valence-electron chi connectivity index (χ1n) is 8.67. The highest BCUT2D eigenvalue weighted by atomic mass is 79.9. The van der Waals surface area contributed by atoms with Gasteiger partial charge in [0.15, 0.2) is 0 Å². The molecule has 2 N–H and O–H groups in total. The third-order valence-corrected chi connectivity index (χ3v) is 4.79. The van der Waals surface area contributed by atoms with Gasteiger partial charge in [0.2, 0.25) is 0 Å². The lowest BCUT2D eigenvalue weighted by Gasteiger charge is -2.11. The number of para-hydroxylation sites is 2. The molecule has 3 rings (SSSR count). The molecule has 2 aromatic carbocycles. The lowest BCUT2D eigenvalue weighted by molar-refractivity contribution is 0.0952. The predicted octanol–water partition coefficient (Wildman–Crippen LogP) is 3.94. The number of hydrogen-bond donors (Lipinski definition) is 2. The Bertz CT molecular complexity index is 962. The molecule has 0 aliphatic heterocycles. The summed E-state index contributed by atoms with van der Waals surface area (Å²) in [6.07, 6.45) is 0.765. The number of nitrogens with zero attached hydrogens (tertiary/aromatic N) is 2. The highest BCUT2D eigenvalue weighted by molar-refractivity contribution is 9.10. The van der Waals surface area contributed by atoms with E-state index in [2.05, 4.69) is 36.5 Å². The number of carbonyl (C=O) groups is 1. The second-order valence-electron chi connectivity index (χ2n) is 6.03. The highest BCUT2D eigenvalue weighted by Gasteiger charge is 2.11. The third kappa shape index (κ3) is 4.74. The molecule has 3 aromatic rings. The second-order valence-corrected chi connectivity index (χ2v) is 6.88. The molecule has 1 aromatic heterocycles. The van der Waals surface area contributed by atoms with Gasteiger partial charge in [0.1, 0.15) is 11.6 Å². The van der Waals surface area contributed by atoms with Crippen molar-refractivity contribution in [2.24, 2.45) is 0 Å². The molecule has 0 saturated heterocycles. The van der Waals surface area contributed by atoms with Crippen molar-refractivity contribution >= 4 is 38.7 Å². The first-order chi connectivity index (χ1) is 13.1. The van der Waals surface area contributed by atoms with Gasteiger partial charge in [0, 0.05) is 17.6 Å². The number of halogens is 1. The maximum Gasteiger partial charge on any atom is 0.252 e. The van der Waals surface area contributed by atoms with Crippen LogP contribution in [0.1, 0.15) is 22.5 Å². The van der Waals surface area contributed by atoms with Crippen LogP contribution in [0.5, 0.6) is 5.75 Å². The minimum absolute atomic E-state index is 0.137. The van der Waals surface area contributed by atoms with Crippen LogP contribution < -0.4 is 15.4 Å². The van der Waals surface area contributed by atoms with Crippen LogP contribution >= 0.6 is 15.9 Å². The zero-order chi connectivity index (χ0) is 19.2. The Morgan fingerprint density at radius 3 is 2.59 bits per heavy atom. The van der Waals surface area contributed by atoms with Gasteiger partial charge in [-0.2, -0.15) is 0 Å². The number of aromatic nitrogens is 2. The molecule has 0 atom stereocenters. The lowest BCUT2D eigenvalue weighted by Crippen LogP contribution is -2.26. The molecule has 0 aliphatic rings. The van der Waals surface area contributed by atoms with E-state index in [0.29, 0.717) is 24.4 Å². The molecule has 140 valence electrons. The van der Waals surface area contributed by atoms with Crippen LogP contribution in [-0.4, -0.2) is 36.1 Å². The van der Waals surface area contributed by atoms with Crippen molar-refractivity contribution < 1.29 is 9.53 Å². The average molecular weight is 429 g/mol. The van der Waals surface area contributed by atoms with Crippen molar-refractivity contribution in [1.82, 2.24) is 15.3 Å². The molecular weight excluding hydrogens is 408 g/mol. The minimum atomic E-state index is -0.137. The van der Waals surface area contributed by atoms with Crippen molar-refractivity contribution in [1.29, 1.82) is 0 Å². The number of hydrogen-bond acceptors (Lipinski definition) is 5. The number of carbonyl (C=O) groups excluding carboxylic acids is 1. The highest BCUT2D eigenvalue weighted by Crippen LogP contribution is 2.22. The minimum Gasteiger partial charge on any atom is -0.497 e.